The molecule has 0 radical (unpaired) electrons. The normalized spacial score (nSPS) is 19.4. The Morgan fingerprint density at radius 3 is 2.50 bits per heavy atom. The van der Waals surface area contributed by atoms with Gasteiger partial charge in [-0.25, -0.2) is 0 Å². The zero-order valence-electron chi connectivity index (χ0n) is 8.31. The molecule has 1 aliphatic rings. The van der Waals surface area contributed by atoms with Crippen LogP contribution >= 0.6 is 0 Å². The average molecular weight is 167 g/mol. The predicted octanol–water partition coefficient (Wildman–Crippen LogP) is 2.83. The molecule has 0 unspecified atom stereocenters. The Balaban J connectivity index is 2.01. The van der Waals surface area contributed by atoms with Gasteiger partial charge in [-0.3, -0.25) is 0 Å². The first-order valence-corrected chi connectivity index (χ1v) is 5.16. The number of rotatable bonds is 4. The van der Waals surface area contributed by atoms with Crippen LogP contribution in [-0.4, -0.2) is 24.5 Å². The quantitative estimate of drug-likeness (QED) is 0.582. The van der Waals surface area contributed by atoms with Gasteiger partial charge < -0.3 is 4.90 Å². The summed E-state index contributed by atoms with van der Waals surface area (Å²) >= 11 is 0. The molecule has 0 N–H and O–H groups in total. The molecule has 0 saturated carbocycles. The summed E-state index contributed by atoms with van der Waals surface area (Å²) in [6.45, 7) is 9.98. The van der Waals surface area contributed by atoms with Crippen LogP contribution in [0.3, 0.4) is 0 Å². The SMILES string of the molecule is C=C(C)CCCN1CCCCC1. The first-order valence-electron chi connectivity index (χ1n) is 5.16. The van der Waals surface area contributed by atoms with Crippen LogP contribution in [0.5, 0.6) is 0 Å². The van der Waals surface area contributed by atoms with Gasteiger partial charge in [-0.1, -0.05) is 12.0 Å². The van der Waals surface area contributed by atoms with Gasteiger partial charge in [-0.2, -0.15) is 0 Å². The van der Waals surface area contributed by atoms with Gasteiger partial charge in [0.2, 0.25) is 0 Å². The Bertz CT molecular complexity index is 134. The van der Waals surface area contributed by atoms with Gasteiger partial charge in [0.1, 0.15) is 0 Å². The van der Waals surface area contributed by atoms with Gasteiger partial charge in [-0.15, -0.1) is 6.58 Å². The summed E-state index contributed by atoms with van der Waals surface area (Å²) in [7, 11) is 0. The third-order valence-corrected chi connectivity index (χ3v) is 2.53. The summed E-state index contributed by atoms with van der Waals surface area (Å²) in [6.07, 6.45) is 6.77. The molecule has 1 nitrogen and oxygen atoms in total. The molecule has 70 valence electrons. The number of likely N-dealkylation sites (tertiary alicyclic amines) is 1. The number of allylic oxidation sites excluding steroid dienone is 1. The zero-order valence-corrected chi connectivity index (χ0v) is 8.31. The fraction of sp³-hybridized carbons (Fsp3) is 0.818. The van der Waals surface area contributed by atoms with Crippen LogP contribution < -0.4 is 0 Å². The summed E-state index contributed by atoms with van der Waals surface area (Å²) in [6, 6.07) is 0. The van der Waals surface area contributed by atoms with E-state index in [0.717, 1.165) is 0 Å². The van der Waals surface area contributed by atoms with E-state index in [9.17, 15) is 0 Å². The van der Waals surface area contributed by atoms with Gasteiger partial charge in [-0.05, 0) is 52.2 Å². The van der Waals surface area contributed by atoms with Crippen LogP contribution in [0.25, 0.3) is 0 Å². The molecular weight excluding hydrogens is 146 g/mol. The minimum Gasteiger partial charge on any atom is -0.303 e. The molecule has 1 heteroatoms. The molecule has 12 heavy (non-hydrogen) atoms. The highest BCUT2D eigenvalue weighted by Gasteiger charge is 2.08. The van der Waals surface area contributed by atoms with E-state index in [2.05, 4.69) is 18.4 Å². The monoisotopic (exact) mass is 167 g/mol. The van der Waals surface area contributed by atoms with Gasteiger partial charge in [0, 0.05) is 0 Å². The van der Waals surface area contributed by atoms with Crippen LogP contribution in [-0.2, 0) is 0 Å². The highest BCUT2D eigenvalue weighted by molar-refractivity contribution is 4.87. The van der Waals surface area contributed by atoms with Crippen LogP contribution in [0.15, 0.2) is 12.2 Å². The molecule has 0 aromatic rings. The highest BCUT2D eigenvalue weighted by atomic mass is 15.1. The predicted molar refractivity (Wildman–Crippen MR) is 54.3 cm³/mol. The number of nitrogens with zero attached hydrogens (tertiary/aromatic N) is 1. The second kappa shape index (κ2) is 5.36. The van der Waals surface area contributed by atoms with E-state index in [1.807, 2.05) is 0 Å². The maximum Gasteiger partial charge on any atom is -0.00157 e. The van der Waals surface area contributed by atoms with Crippen molar-refractivity contribution in [1.82, 2.24) is 4.90 Å². The topological polar surface area (TPSA) is 3.24 Å². The van der Waals surface area contributed by atoms with E-state index in [4.69, 9.17) is 0 Å². The Kier molecular flexibility index (Phi) is 4.37. The van der Waals surface area contributed by atoms with Crippen molar-refractivity contribution >= 4 is 0 Å². The zero-order chi connectivity index (χ0) is 8.81. The third-order valence-electron chi connectivity index (χ3n) is 2.53. The van der Waals surface area contributed by atoms with Gasteiger partial charge in [0.05, 0.1) is 0 Å². The van der Waals surface area contributed by atoms with E-state index in [1.165, 1.54) is 57.3 Å². The Morgan fingerprint density at radius 1 is 1.25 bits per heavy atom. The minimum atomic E-state index is 1.20. The summed E-state index contributed by atoms with van der Waals surface area (Å²) < 4.78 is 0. The van der Waals surface area contributed by atoms with E-state index < -0.39 is 0 Å². The van der Waals surface area contributed by atoms with Crippen molar-refractivity contribution < 1.29 is 0 Å². The smallest absolute Gasteiger partial charge is 0.00157 e. The molecule has 0 bridgehead atoms. The largest absolute Gasteiger partial charge is 0.303 e. The van der Waals surface area contributed by atoms with Crippen LogP contribution in [0.1, 0.15) is 39.0 Å². The molecule has 0 amide bonds. The van der Waals surface area contributed by atoms with Crippen molar-refractivity contribution in [3.8, 4) is 0 Å². The van der Waals surface area contributed by atoms with Crippen molar-refractivity contribution in [3.05, 3.63) is 12.2 Å². The lowest BCUT2D eigenvalue weighted by atomic mass is 10.1. The molecule has 0 spiro atoms. The first-order chi connectivity index (χ1) is 5.79. The summed E-state index contributed by atoms with van der Waals surface area (Å²) in [5.74, 6) is 0. The van der Waals surface area contributed by atoms with Gasteiger partial charge >= 0.3 is 0 Å². The lowest BCUT2D eigenvalue weighted by molar-refractivity contribution is 0.226. The second-order valence-corrected chi connectivity index (χ2v) is 3.96. The Morgan fingerprint density at radius 2 is 1.92 bits per heavy atom. The first kappa shape index (κ1) is 9.79. The van der Waals surface area contributed by atoms with E-state index >= 15 is 0 Å². The van der Waals surface area contributed by atoms with Crippen molar-refractivity contribution in [2.24, 2.45) is 0 Å². The number of hydrogen-bond acceptors (Lipinski definition) is 1. The lowest BCUT2D eigenvalue weighted by Crippen LogP contribution is -2.30. The van der Waals surface area contributed by atoms with Gasteiger partial charge in [0.15, 0.2) is 0 Å². The average Bonchev–Trinajstić information content (AvgIpc) is 2.05. The van der Waals surface area contributed by atoms with Crippen molar-refractivity contribution in [1.29, 1.82) is 0 Å². The third kappa shape index (κ3) is 3.91. The van der Waals surface area contributed by atoms with Crippen LogP contribution in [0.4, 0.5) is 0 Å². The molecule has 1 rings (SSSR count). The summed E-state index contributed by atoms with van der Waals surface area (Å²) in [5.41, 5.74) is 1.33. The fourth-order valence-electron chi connectivity index (χ4n) is 1.79. The van der Waals surface area contributed by atoms with Gasteiger partial charge in [0.25, 0.3) is 0 Å². The van der Waals surface area contributed by atoms with E-state index in [0.29, 0.717) is 0 Å². The number of piperidine rings is 1. The molecule has 1 fully saturated rings. The molecule has 0 aromatic carbocycles. The Labute approximate surface area is 76.5 Å². The number of hydrogen-bond donors (Lipinski definition) is 0. The molecule has 0 aromatic heterocycles. The standard InChI is InChI=1S/C11H21N/c1-11(2)7-6-10-12-8-4-3-5-9-12/h1,3-10H2,2H3. The molecule has 0 aliphatic carbocycles. The molecule has 1 heterocycles. The summed E-state index contributed by atoms with van der Waals surface area (Å²) in [5, 5.41) is 0. The molecule has 1 aliphatic heterocycles. The van der Waals surface area contributed by atoms with E-state index in [1.54, 1.807) is 0 Å². The van der Waals surface area contributed by atoms with Crippen molar-refractivity contribution in [2.75, 3.05) is 19.6 Å². The van der Waals surface area contributed by atoms with Crippen LogP contribution in [0.2, 0.25) is 0 Å². The molecule has 0 atom stereocenters. The maximum atomic E-state index is 3.92. The minimum absolute atomic E-state index is 1.20. The maximum absolute atomic E-state index is 3.92. The lowest BCUT2D eigenvalue weighted by Gasteiger charge is -2.26. The second-order valence-electron chi connectivity index (χ2n) is 3.96. The van der Waals surface area contributed by atoms with Crippen molar-refractivity contribution in [3.63, 3.8) is 0 Å². The summed E-state index contributed by atoms with van der Waals surface area (Å²) in [4.78, 5) is 2.59. The van der Waals surface area contributed by atoms with E-state index in [-0.39, 0.29) is 0 Å². The Hall–Kier alpha value is -0.300. The fourth-order valence-corrected chi connectivity index (χ4v) is 1.79. The van der Waals surface area contributed by atoms with Crippen LogP contribution in [0, 0.1) is 0 Å². The molecule has 1 saturated heterocycles. The highest BCUT2D eigenvalue weighted by Crippen LogP contribution is 2.10. The molecular formula is C11H21N. The van der Waals surface area contributed by atoms with Crippen molar-refractivity contribution in [2.45, 2.75) is 39.0 Å².